The molecule has 0 aliphatic heterocycles. The summed E-state index contributed by atoms with van der Waals surface area (Å²) in [6.07, 6.45) is 4.82. The molecule has 0 radical (unpaired) electrons. The Balaban J connectivity index is 2.06. The number of aromatic nitrogens is 3. The number of oxazole rings is 1. The van der Waals surface area contributed by atoms with E-state index in [1.807, 2.05) is 18.2 Å². The van der Waals surface area contributed by atoms with Gasteiger partial charge in [0.25, 0.3) is 0 Å². The van der Waals surface area contributed by atoms with Crippen molar-refractivity contribution >= 4 is 10.9 Å². The third-order valence-corrected chi connectivity index (χ3v) is 3.51. The molecule has 22 heavy (non-hydrogen) atoms. The van der Waals surface area contributed by atoms with Crippen molar-refractivity contribution in [2.75, 3.05) is 0 Å². The van der Waals surface area contributed by atoms with Gasteiger partial charge in [-0.05, 0) is 30.5 Å². The van der Waals surface area contributed by atoms with Gasteiger partial charge in [0.1, 0.15) is 11.9 Å². The van der Waals surface area contributed by atoms with E-state index in [1.54, 1.807) is 6.20 Å². The van der Waals surface area contributed by atoms with E-state index in [0.29, 0.717) is 17.4 Å². The Hall–Kier alpha value is -2.74. The maximum Gasteiger partial charge on any atom is 0.181 e. The van der Waals surface area contributed by atoms with Crippen LogP contribution in [0, 0.1) is 17.2 Å². The molecule has 5 nitrogen and oxygen atoms in total. The van der Waals surface area contributed by atoms with Crippen LogP contribution in [-0.4, -0.2) is 15.0 Å². The summed E-state index contributed by atoms with van der Waals surface area (Å²) in [5.74, 6) is 1.97. The molecule has 110 valence electrons. The summed E-state index contributed by atoms with van der Waals surface area (Å²) < 4.78 is 5.30. The molecule has 0 saturated heterocycles. The predicted molar refractivity (Wildman–Crippen MR) is 82.9 cm³/mol. The quantitative estimate of drug-likeness (QED) is 0.732. The second-order valence-electron chi connectivity index (χ2n) is 5.63. The normalized spacial score (nSPS) is 11.0. The van der Waals surface area contributed by atoms with Crippen LogP contribution in [0.5, 0.6) is 0 Å². The van der Waals surface area contributed by atoms with Crippen molar-refractivity contribution in [3.05, 3.63) is 42.3 Å². The first-order valence-electron chi connectivity index (χ1n) is 7.27. The van der Waals surface area contributed by atoms with Gasteiger partial charge >= 0.3 is 0 Å². The molecule has 2 aromatic heterocycles. The third-order valence-electron chi connectivity index (χ3n) is 3.51. The van der Waals surface area contributed by atoms with E-state index in [1.165, 1.54) is 6.39 Å². The fraction of sp³-hybridized carbons (Fsp3) is 0.294. The van der Waals surface area contributed by atoms with E-state index in [-0.39, 0.29) is 0 Å². The molecule has 1 aromatic carbocycles. The number of nitriles is 1. The van der Waals surface area contributed by atoms with E-state index in [4.69, 9.17) is 4.42 Å². The van der Waals surface area contributed by atoms with Crippen LogP contribution >= 0.6 is 0 Å². The smallest absolute Gasteiger partial charge is 0.181 e. The number of rotatable bonds is 4. The van der Waals surface area contributed by atoms with Gasteiger partial charge < -0.3 is 4.42 Å². The summed E-state index contributed by atoms with van der Waals surface area (Å²) in [4.78, 5) is 12.9. The van der Waals surface area contributed by atoms with Gasteiger partial charge in [-0.15, -0.1) is 0 Å². The van der Waals surface area contributed by atoms with Crippen LogP contribution in [0.3, 0.4) is 0 Å². The topological polar surface area (TPSA) is 75.6 Å². The van der Waals surface area contributed by atoms with Crippen molar-refractivity contribution in [2.24, 2.45) is 5.92 Å². The number of benzene rings is 1. The SMILES string of the molecule is CC(C)CCc1nc(C#N)c2cc(-c3cnco3)ccc2n1. The van der Waals surface area contributed by atoms with E-state index >= 15 is 0 Å². The lowest BCUT2D eigenvalue weighted by Gasteiger charge is -2.07. The number of aryl methyl sites for hydroxylation is 1. The summed E-state index contributed by atoms with van der Waals surface area (Å²) in [6.45, 7) is 4.33. The highest BCUT2D eigenvalue weighted by Gasteiger charge is 2.10. The van der Waals surface area contributed by atoms with Crippen molar-refractivity contribution in [2.45, 2.75) is 26.7 Å². The standard InChI is InChI=1S/C17H16N4O/c1-11(2)3-6-17-20-14-5-4-12(16-9-19-10-22-16)7-13(14)15(8-18)21-17/h4-5,7,9-11H,3,6H2,1-2H3. The van der Waals surface area contributed by atoms with Crippen LogP contribution in [-0.2, 0) is 6.42 Å². The predicted octanol–water partition coefficient (Wildman–Crippen LogP) is 3.75. The van der Waals surface area contributed by atoms with Crippen LogP contribution in [0.25, 0.3) is 22.2 Å². The monoisotopic (exact) mass is 292 g/mol. The van der Waals surface area contributed by atoms with Crippen molar-refractivity contribution in [3.63, 3.8) is 0 Å². The Morgan fingerprint density at radius 1 is 1.27 bits per heavy atom. The van der Waals surface area contributed by atoms with Gasteiger partial charge in [-0.2, -0.15) is 5.26 Å². The minimum atomic E-state index is 0.408. The summed E-state index contributed by atoms with van der Waals surface area (Å²) >= 11 is 0. The fourth-order valence-electron chi connectivity index (χ4n) is 2.30. The van der Waals surface area contributed by atoms with Crippen molar-refractivity contribution in [3.8, 4) is 17.4 Å². The lowest BCUT2D eigenvalue weighted by Crippen LogP contribution is -2.01. The first-order chi connectivity index (χ1) is 10.7. The highest BCUT2D eigenvalue weighted by Crippen LogP contribution is 2.25. The number of fused-ring (bicyclic) bond motifs is 1. The minimum Gasteiger partial charge on any atom is -0.444 e. The first-order valence-corrected chi connectivity index (χ1v) is 7.27. The maximum atomic E-state index is 9.38. The molecule has 0 aliphatic carbocycles. The second kappa shape index (κ2) is 5.94. The summed E-state index contributed by atoms with van der Waals surface area (Å²) in [5.41, 5.74) is 2.05. The zero-order valence-corrected chi connectivity index (χ0v) is 12.6. The van der Waals surface area contributed by atoms with Crippen molar-refractivity contribution in [1.82, 2.24) is 15.0 Å². The van der Waals surface area contributed by atoms with Gasteiger partial charge in [-0.1, -0.05) is 13.8 Å². The Morgan fingerprint density at radius 2 is 2.14 bits per heavy atom. The summed E-state index contributed by atoms with van der Waals surface area (Å²) in [7, 11) is 0. The third kappa shape index (κ3) is 2.82. The Bertz CT molecular complexity index is 832. The van der Waals surface area contributed by atoms with Gasteiger partial charge in [0.15, 0.2) is 17.8 Å². The second-order valence-corrected chi connectivity index (χ2v) is 5.63. The van der Waals surface area contributed by atoms with Crippen LogP contribution < -0.4 is 0 Å². The van der Waals surface area contributed by atoms with Crippen molar-refractivity contribution < 1.29 is 4.42 Å². The van der Waals surface area contributed by atoms with Gasteiger partial charge in [0, 0.05) is 17.4 Å². The molecule has 0 saturated carbocycles. The average molecular weight is 292 g/mol. The highest BCUT2D eigenvalue weighted by atomic mass is 16.3. The Labute approximate surface area is 128 Å². The Kier molecular flexibility index (Phi) is 3.84. The van der Waals surface area contributed by atoms with Crippen LogP contribution in [0.1, 0.15) is 31.8 Å². The highest BCUT2D eigenvalue weighted by molar-refractivity contribution is 5.87. The average Bonchev–Trinajstić information content (AvgIpc) is 3.06. The molecule has 5 heteroatoms. The van der Waals surface area contributed by atoms with Crippen molar-refractivity contribution in [1.29, 1.82) is 5.26 Å². The molecule has 0 unspecified atom stereocenters. The number of hydrogen-bond donors (Lipinski definition) is 0. The van der Waals surface area contributed by atoms with Gasteiger partial charge in [0.05, 0.1) is 11.7 Å². The maximum absolute atomic E-state index is 9.38. The summed E-state index contributed by atoms with van der Waals surface area (Å²) in [6, 6.07) is 7.87. The molecule has 0 spiro atoms. The molecule has 0 amide bonds. The molecule has 0 N–H and O–H groups in total. The molecule has 3 rings (SSSR count). The molecule has 0 bridgehead atoms. The van der Waals surface area contributed by atoms with E-state index in [0.717, 1.165) is 35.1 Å². The van der Waals surface area contributed by atoms with E-state index in [9.17, 15) is 5.26 Å². The van der Waals surface area contributed by atoms with E-state index in [2.05, 4.69) is 34.9 Å². The van der Waals surface area contributed by atoms with Gasteiger partial charge in [-0.25, -0.2) is 15.0 Å². The zero-order valence-electron chi connectivity index (χ0n) is 12.6. The molecule has 0 fully saturated rings. The van der Waals surface area contributed by atoms with Crippen LogP contribution in [0.4, 0.5) is 0 Å². The van der Waals surface area contributed by atoms with Crippen LogP contribution in [0.15, 0.2) is 35.2 Å². The number of hydrogen-bond acceptors (Lipinski definition) is 5. The first kappa shape index (κ1) is 14.2. The molecule has 2 heterocycles. The molecular formula is C17H16N4O. The molecular weight excluding hydrogens is 276 g/mol. The fourth-order valence-corrected chi connectivity index (χ4v) is 2.30. The molecule has 0 atom stereocenters. The van der Waals surface area contributed by atoms with Gasteiger partial charge in [0.2, 0.25) is 0 Å². The lowest BCUT2D eigenvalue weighted by molar-refractivity contribution is 0.572. The Morgan fingerprint density at radius 3 is 2.82 bits per heavy atom. The van der Waals surface area contributed by atoms with E-state index < -0.39 is 0 Å². The zero-order chi connectivity index (χ0) is 15.5. The largest absolute Gasteiger partial charge is 0.444 e. The lowest BCUT2D eigenvalue weighted by atomic mass is 10.1. The van der Waals surface area contributed by atoms with Crippen LogP contribution in [0.2, 0.25) is 0 Å². The number of nitrogens with zero attached hydrogens (tertiary/aromatic N) is 4. The van der Waals surface area contributed by atoms with Gasteiger partial charge in [-0.3, -0.25) is 0 Å². The molecule has 0 aliphatic rings. The minimum absolute atomic E-state index is 0.408. The summed E-state index contributed by atoms with van der Waals surface area (Å²) in [5, 5.41) is 10.1. The molecule has 3 aromatic rings.